The van der Waals surface area contributed by atoms with Crippen molar-refractivity contribution in [1.82, 2.24) is 4.98 Å². The molecule has 0 bridgehead atoms. The Morgan fingerprint density at radius 2 is 1.78 bits per heavy atom. The minimum Gasteiger partial charge on any atom is -0.478 e. The Balaban J connectivity index is 2.17. The van der Waals surface area contributed by atoms with Crippen molar-refractivity contribution in [3.8, 4) is 0 Å². The minimum absolute atomic E-state index is 0.0659. The van der Waals surface area contributed by atoms with E-state index in [4.69, 9.17) is 0 Å². The normalized spacial score (nSPS) is 11.4. The Morgan fingerprint density at radius 3 is 2.33 bits per heavy atom. The van der Waals surface area contributed by atoms with Crippen LogP contribution in [-0.2, 0) is 6.18 Å². The van der Waals surface area contributed by atoms with Crippen LogP contribution in [0.4, 0.5) is 30.2 Å². The molecule has 3 rings (SSSR count). The fraction of sp³-hybridized carbons (Fsp3) is 0.158. The number of alkyl halides is 3. The topological polar surface area (TPSA) is 65.5 Å². The van der Waals surface area contributed by atoms with Crippen LogP contribution in [0.2, 0.25) is 0 Å². The van der Waals surface area contributed by atoms with Gasteiger partial charge in [-0.3, -0.25) is 4.98 Å². The lowest BCUT2D eigenvalue weighted by atomic mass is 10.0. The van der Waals surface area contributed by atoms with Gasteiger partial charge in [-0.2, -0.15) is 13.2 Å². The van der Waals surface area contributed by atoms with E-state index < -0.39 is 17.7 Å². The van der Waals surface area contributed by atoms with Crippen LogP contribution in [0.5, 0.6) is 0 Å². The number of rotatable bonds is 4. The van der Waals surface area contributed by atoms with E-state index in [1.807, 2.05) is 31.1 Å². The number of fused-ring (bicyclic) bond motifs is 1. The molecule has 0 spiro atoms. The maximum atomic E-state index is 13.3. The van der Waals surface area contributed by atoms with Gasteiger partial charge in [-0.25, -0.2) is 4.79 Å². The largest absolute Gasteiger partial charge is 0.478 e. The van der Waals surface area contributed by atoms with Crippen molar-refractivity contribution in [2.75, 3.05) is 24.3 Å². The maximum absolute atomic E-state index is 13.3. The van der Waals surface area contributed by atoms with Crippen molar-refractivity contribution in [3.05, 3.63) is 59.8 Å². The molecule has 0 unspecified atom stereocenters. The van der Waals surface area contributed by atoms with Crippen molar-refractivity contribution in [2.45, 2.75) is 6.18 Å². The van der Waals surface area contributed by atoms with Crippen LogP contribution in [0, 0.1) is 0 Å². The third-order valence-electron chi connectivity index (χ3n) is 4.09. The van der Waals surface area contributed by atoms with Crippen LogP contribution < -0.4 is 10.2 Å². The summed E-state index contributed by atoms with van der Waals surface area (Å²) in [6.45, 7) is 0. The van der Waals surface area contributed by atoms with Crippen LogP contribution in [0.1, 0.15) is 15.9 Å². The Morgan fingerprint density at radius 1 is 1.11 bits per heavy atom. The van der Waals surface area contributed by atoms with Crippen LogP contribution in [0.3, 0.4) is 0 Å². The standard InChI is InChI=1S/C19H16F3N3O2/c1-25(2)12-8-6-11(7-9-12)24-16-13-4-3-5-15(19(20,21)22)17(13)23-10-14(16)18(26)27/h3-10H,1-2H3,(H,23,24)(H,26,27). The molecule has 8 heteroatoms. The summed E-state index contributed by atoms with van der Waals surface area (Å²) >= 11 is 0. The van der Waals surface area contributed by atoms with E-state index in [1.165, 1.54) is 12.1 Å². The molecule has 0 aliphatic heterocycles. The van der Waals surface area contributed by atoms with E-state index in [2.05, 4.69) is 10.3 Å². The third-order valence-corrected chi connectivity index (χ3v) is 4.09. The molecule has 27 heavy (non-hydrogen) atoms. The van der Waals surface area contributed by atoms with E-state index in [0.717, 1.165) is 18.0 Å². The molecule has 1 heterocycles. The Hall–Kier alpha value is -3.29. The van der Waals surface area contributed by atoms with Gasteiger partial charge in [-0.15, -0.1) is 0 Å². The van der Waals surface area contributed by atoms with E-state index in [-0.39, 0.29) is 22.2 Å². The predicted octanol–water partition coefficient (Wildman–Crippen LogP) is 4.76. The summed E-state index contributed by atoms with van der Waals surface area (Å²) in [6.07, 6.45) is -3.65. The summed E-state index contributed by atoms with van der Waals surface area (Å²) in [5, 5.41) is 12.5. The van der Waals surface area contributed by atoms with Gasteiger partial charge in [0.1, 0.15) is 5.56 Å². The van der Waals surface area contributed by atoms with Crippen molar-refractivity contribution in [1.29, 1.82) is 0 Å². The molecule has 140 valence electrons. The van der Waals surface area contributed by atoms with Gasteiger partial charge in [0.25, 0.3) is 0 Å². The molecule has 2 aromatic carbocycles. The first-order chi connectivity index (χ1) is 12.7. The number of halogens is 3. The number of benzene rings is 2. The molecule has 1 aromatic heterocycles. The second-order valence-electron chi connectivity index (χ2n) is 6.12. The van der Waals surface area contributed by atoms with E-state index >= 15 is 0 Å². The summed E-state index contributed by atoms with van der Waals surface area (Å²) in [5.74, 6) is -1.28. The Kier molecular flexibility index (Phi) is 4.65. The SMILES string of the molecule is CN(C)c1ccc(Nc2c(C(=O)O)cnc3c(C(F)(F)F)cccc23)cc1. The lowest BCUT2D eigenvalue weighted by Gasteiger charge is -2.17. The van der Waals surface area contributed by atoms with Crippen LogP contribution >= 0.6 is 0 Å². The number of hydrogen-bond donors (Lipinski definition) is 2. The average molecular weight is 375 g/mol. The number of carbonyl (C=O) groups is 1. The maximum Gasteiger partial charge on any atom is 0.418 e. The first kappa shape index (κ1) is 18.5. The summed E-state index contributed by atoms with van der Waals surface area (Å²) in [4.78, 5) is 17.2. The summed E-state index contributed by atoms with van der Waals surface area (Å²) in [5.41, 5.74) is 0.117. The summed E-state index contributed by atoms with van der Waals surface area (Å²) in [6, 6.07) is 10.6. The van der Waals surface area contributed by atoms with Crippen LogP contribution in [0.25, 0.3) is 10.9 Å². The van der Waals surface area contributed by atoms with Gasteiger partial charge in [0.2, 0.25) is 0 Å². The van der Waals surface area contributed by atoms with Crippen LogP contribution in [0.15, 0.2) is 48.7 Å². The van der Waals surface area contributed by atoms with Gasteiger partial charge >= 0.3 is 12.1 Å². The van der Waals surface area contributed by atoms with Crippen molar-refractivity contribution in [3.63, 3.8) is 0 Å². The highest BCUT2D eigenvalue weighted by Gasteiger charge is 2.34. The fourth-order valence-electron chi connectivity index (χ4n) is 2.74. The highest BCUT2D eigenvalue weighted by molar-refractivity contribution is 6.06. The van der Waals surface area contributed by atoms with Crippen molar-refractivity contribution < 1.29 is 23.1 Å². The van der Waals surface area contributed by atoms with Gasteiger partial charge in [0.15, 0.2) is 0 Å². The van der Waals surface area contributed by atoms with Crippen molar-refractivity contribution >= 4 is 33.9 Å². The third kappa shape index (κ3) is 3.64. The van der Waals surface area contributed by atoms with Gasteiger partial charge in [0.05, 0.1) is 16.8 Å². The summed E-state index contributed by atoms with van der Waals surface area (Å²) < 4.78 is 39.8. The number of anilines is 3. The monoisotopic (exact) mass is 375 g/mol. The highest BCUT2D eigenvalue weighted by Crippen LogP contribution is 2.37. The zero-order valence-corrected chi connectivity index (χ0v) is 14.5. The Bertz CT molecular complexity index is 999. The van der Waals surface area contributed by atoms with Gasteiger partial charge in [-0.1, -0.05) is 12.1 Å². The first-order valence-electron chi connectivity index (χ1n) is 7.95. The van der Waals surface area contributed by atoms with E-state index in [9.17, 15) is 23.1 Å². The van der Waals surface area contributed by atoms with E-state index in [0.29, 0.717) is 5.69 Å². The smallest absolute Gasteiger partial charge is 0.418 e. The number of hydrogen-bond acceptors (Lipinski definition) is 4. The number of carboxylic acid groups (broad SMARTS) is 1. The van der Waals surface area contributed by atoms with Crippen LogP contribution in [-0.4, -0.2) is 30.2 Å². The molecule has 0 saturated heterocycles. The number of aromatic nitrogens is 1. The molecule has 0 fully saturated rings. The second kappa shape index (κ2) is 6.79. The number of para-hydroxylation sites is 1. The Labute approximate surface area is 153 Å². The second-order valence-corrected chi connectivity index (χ2v) is 6.12. The predicted molar refractivity (Wildman–Crippen MR) is 97.8 cm³/mol. The lowest BCUT2D eigenvalue weighted by molar-refractivity contribution is -0.136. The highest BCUT2D eigenvalue weighted by atomic mass is 19.4. The molecule has 0 radical (unpaired) electrons. The lowest BCUT2D eigenvalue weighted by Crippen LogP contribution is -2.10. The van der Waals surface area contributed by atoms with E-state index in [1.54, 1.807) is 12.1 Å². The molecule has 2 N–H and O–H groups in total. The number of aromatic carboxylic acids is 1. The molecule has 0 atom stereocenters. The fourth-order valence-corrected chi connectivity index (χ4v) is 2.74. The average Bonchev–Trinajstić information content (AvgIpc) is 2.60. The zero-order valence-electron chi connectivity index (χ0n) is 14.5. The molecule has 0 saturated carbocycles. The quantitative estimate of drug-likeness (QED) is 0.688. The van der Waals surface area contributed by atoms with Gasteiger partial charge < -0.3 is 15.3 Å². The van der Waals surface area contributed by atoms with Gasteiger partial charge in [-0.05, 0) is 30.3 Å². The summed E-state index contributed by atoms with van der Waals surface area (Å²) in [7, 11) is 3.75. The molecular formula is C19H16F3N3O2. The molecule has 0 aliphatic carbocycles. The minimum atomic E-state index is -4.60. The molecule has 5 nitrogen and oxygen atoms in total. The number of nitrogens with zero attached hydrogens (tertiary/aromatic N) is 2. The zero-order chi connectivity index (χ0) is 19.8. The number of pyridine rings is 1. The molecule has 0 aliphatic rings. The molecule has 0 amide bonds. The van der Waals surface area contributed by atoms with Crippen molar-refractivity contribution in [2.24, 2.45) is 0 Å². The first-order valence-corrected chi connectivity index (χ1v) is 7.95. The molecular weight excluding hydrogens is 359 g/mol. The molecule has 3 aromatic rings. The van der Waals surface area contributed by atoms with Gasteiger partial charge in [0, 0.05) is 37.1 Å². The number of nitrogens with one attached hydrogen (secondary N) is 1. The number of carboxylic acids is 1.